The van der Waals surface area contributed by atoms with Gasteiger partial charge in [-0.1, -0.05) is 23.7 Å². The predicted molar refractivity (Wildman–Crippen MR) is 150 cm³/mol. The third-order valence-corrected chi connectivity index (χ3v) is 8.01. The van der Waals surface area contributed by atoms with Crippen LogP contribution in [0.5, 0.6) is 11.5 Å². The monoisotopic (exact) mass is 562 g/mol. The maximum absolute atomic E-state index is 11.5. The van der Waals surface area contributed by atoms with Gasteiger partial charge in [0.25, 0.3) is 5.79 Å². The average Bonchev–Trinajstić information content (AvgIpc) is 3.49. The van der Waals surface area contributed by atoms with Crippen LogP contribution in [0.2, 0.25) is 5.02 Å². The number of carbonyl (C=O) groups is 1. The first-order valence-corrected chi connectivity index (χ1v) is 13.8. The van der Waals surface area contributed by atoms with Crippen molar-refractivity contribution in [2.24, 2.45) is 0 Å². The van der Waals surface area contributed by atoms with Gasteiger partial charge in [-0.3, -0.25) is 9.88 Å². The van der Waals surface area contributed by atoms with Crippen molar-refractivity contribution < 1.29 is 24.1 Å². The number of rotatable bonds is 8. The van der Waals surface area contributed by atoms with E-state index in [0.717, 1.165) is 59.9 Å². The summed E-state index contributed by atoms with van der Waals surface area (Å²) in [7, 11) is 1.66. The standard InChI is InChI=1S/C30H31ClN4O5/c1-30(26-9-7-21(31)17-32-26)39-25-5-3-4-22(28(25)40-30)19-10-12-34(13-11-19)18-27-33-23-8-6-20(29(36)37)16-24(23)35(27)14-15-38-2/h3-9,16-17,19H,10-15,18H2,1-2H3,(H,36,37). The number of para-hydroxylation sites is 1. The maximum Gasteiger partial charge on any atom is 0.335 e. The zero-order chi connectivity index (χ0) is 27.9. The zero-order valence-corrected chi connectivity index (χ0v) is 23.2. The van der Waals surface area contributed by atoms with Crippen LogP contribution in [0, 0.1) is 0 Å². The molecule has 1 saturated heterocycles. The second-order valence-electron chi connectivity index (χ2n) is 10.4. The van der Waals surface area contributed by atoms with E-state index in [2.05, 4.69) is 20.5 Å². The molecule has 2 aliphatic heterocycles. The van der Waals surface area contributed by atoms with Crippen LogP contribution in [0.3, 0.4) is 0 Å². The lowest BCUT2D eigenvalue weighted by molar-refractivity contribution is -0.0722. The molecule has 1 atom stereocenters. The molecule has 2 aromatic carbocycles. The fraction of sp³-hybridized carbons (Fsp3) is 0.367. The van der Waals surface area contributed by atoms with E-state index >= 15 is 0 Å². The van der Waals surface area contributed by atoms with E-state index < -0.39 is 11.8 Å². The number of halogens is 1. The van der Waals surface area contributed by atoms with Crippen LogP contribution in [0.15, 0.2) is 54.7 Å². The minimum atomic E-state index is -1.01. The molecule has 1 unspecified atom stereocenters. The molecule has 0 aliphatic carbocycles. The Balaban J connectivity index is 1.17. The fourth-order valence-corrected chi connectivity index (χ4v) is 5.79. The lowest BCUT2D eigenvalue weighted by atomic mass is 9.88. The molecule has 1 N–H and O–H groups in total. The van der Waals surface area contributed by atoms with Crippen LogP contribution in [0.4, 0.5) is 0 Å². The maximum atomic E-state index is 11.5. The number of pyridine rings is 1. The first kappa shape index (κ1) is 26.6. The van der Waals surface area contributed by atoms with E-state index in [1.807, 2.05) is 25.1 Å². The molecule has 40 heavy (non-hydrogen) atoms. The first-order chi connectivity index (χ1) is 19.3. The van der Waals surface area contributed by atoms with Gasteiger partial charge in [0.05, 0.1) is 34.8 Å². The number of aromatic nitrogens is 3. The molecule has 0 amide bonds. The number of hydrogen-bond donors (Lipinski definition) is 1. The Labute approximate surface area is 237 Å². The second kappa shape index (κ2) is 10.7. The molecule has 9 nitrogen and oxygen atoms in total. The van der Waals surface area contributed by atoms with E-state index in [4.69, 9.17) is 30.8 Å². The normalized spacial score (nSPS) is 19.4. The lowest BCUT2D eigenvalue weighted by Crippen LogP contribution is -2.34. The number of ether oxygens (including phenoxy) is 3. The van der Waals surface area contributed by atoms with Gasteiger partial charge in [-0.15, -0.1) is 0 Å². The minimum absolute atomic E-state index is 0.253. The van der Waals surface area contributed by atoms with Gasteiger partial charge in [0.1, 0.15) is 11.5 Å². The van der Waals surface area contributed by atoms with Gasteiger partial charge in [-0.25, -0.2) is 9.78 Å². The van der Waals surface area contributed by atoms with E-state index in [0.29, 0.717) is 36.3 Å². The number of carboxylic acid groups (broad SMARTS) is 1. The summed E-state index contributed by atoms with van der Waals surface area (Å²) >= 11 is 6.03. The minimum Gasteiger partial charge on any atom is -0.478 e. The van der Waals surface area contributed by atoms with Crippen molar-refractivity contribution >= 4 is 28.6 Å². The van der Waals surface area contributed by atoms with Crippen LogP contribution < -0.4 is 9.47 Å². The van der Waals surface area contributed by atoms with E-state index in [9.17, 15) is 9.90 Å². The molecule has 6 rings (SSSR count). The van der Waals surface area contributed by atoms with Gasteiger partial charge in [0, 0.05) is 32.3 Å². The Morgan fingerprint density at radius 3 is 2.73 bits per heavy atom. The fourth-order valence-electron chi connectivity index (χ4n) is 5.68. The van der Waals surface area contributed by atoms with Gasteiger partial charge < -0.3 is 23.9 Å². The number of likely N-dealkylation sites (tertiary alicyclic amines) is 1. The van der Waals surface area contributed by atoms with Crippen molar-refractivity contribution in [3.8, 4) is 11.5 Å². The average molecular weight is 563 g/mol. The molecule has 0 radical (unpaired) electrons. The summed E-state index contributed by atoms with van der Waals surface area (Å²) in [6.07, 6.45) is 3.54. The van der Waals surface area contributed by atoms with Crippen molar-refractivity contribution in [1.82, 2.24) is 19.4 Å². The molecule has 0 bridgehead atoms. The number of carboxylic acids is 1. The highest BCUT2D eigenvalue weighted by Gasteiger charge is 2.42. The summed E-state index contributed by atoms with van der Waals surface area (Å²) in [5.74, 6) is 0.808. The van der Waals surface area contributed by atoms with E-state index in [1.165, 1.54) is 0 Å². The number of hydrogen-bond acceptors (Lipinski definition) is 7. The molecule has 208 valence electrons. The summed E-state index contributed by atoms with van der Waals surface area (Å²) < 4.78 is 20.1. The summed E-state index contributed by atoms with van der Waals surface area (Å²) in [6, 6.07) is 14.8. The molecule has 10 heteroatoms. The Morgan fingerprint density at radius 2 is 2.00 bits per heavy atom. The molecule has 2 aliphatic rings. The molecule has 2 aromatic heterocycles. The van der Waals surface area contributed by atoms with Crippen molar-refractivity contribution in [2.75, 3.05) is 26.8 Å². The molecule has 1 fully saturated rings. The Bertz CT molecular complexity index is 1550. The van der Waals surface area contributed by atoms with Crippen molar-refractivity contribution in [3.05, 3.63) is 82.4 Å². The third kappa shape index (κ3) is 5.00. The van der Waals surface area contributed by atoms with Crippen LogP contribution >= 0.6 is 11.6 Å². The van der Waals surface area contributed by atoms with Crippen LogP contribution in [0.1, 0.15) is 53.1 Å². The number of nitrogens with zero attached hydrogens (tertiary/aromatic N) is 4. The van der Waals surface area contributed by atoms with Crippen LogP contribution in [-0.2, 0) is 23.6 Å². The number of benzene rings is 2. The predicted octanol–water partition coefficient (Wildman–Crippen LogP) is 5.45. The van der Waals surface area contributed by atoms with Crippen molar-refractivity contribution in [2.45, 2.75) is 44.6 Å². The SMILES string of the molecule is COCCn1c(CN2CCC(c3cccc4c3OC(C)(c3ccc(Cl)cn3)O4)CC2)nc2ccc(C(=O)O)cc21. The zero-order valence-electron chi connectivity index (χ0n) is 22.5. The number of aromatic carboxylic acids is 1. The number of fused-ring (bicyclic) bond motifs is 2. The smallest absolute Gasteiger partial charge is 0.335 e. The highest BCUT2D eigenvalue weighted by molar-refractivity contribution is 6.30. The molecule has 4 heterocycles. The van der Waals surface area contributed by atoms with E-state index in [-0.39, 0.29) is 5.56 Å². The number of imidazole rings is 1. The highest BCUT2D eigenvalue weighted by Crippen LogP contribution is 2.49. The second-order valence-corrected chi connectivity index (χ2v) is 10.9. The molecule has 0 spiro atoms. The van der Waals surface area contributed by atoms with E-state index in [1.54, 1.807) is 37.6 Å². The van der Waals surface area contributed by atoms with Crippen molar-refractivity contribution in [3.63, 3.8) is 0 Å². The number of methoxy groups -OCH3 is 1. The highest BCUT2D eigenvalue weighted by atomic mass is 35.5. The summed E-state index contributed by atoms with van der Waals surface area (Å²) in [4.78, 5) is 23.2. The number of piperidine rings is 1. The van der Waals surface area contributed by atoms with Crippen LogP contribution in [0.25, 0.3) is 11.0 Å². The Morgan fingerprint density at radius 1 is 1.18 bits per heavy atom. The third-order valence-electron chi connectivity index (χ3n) is 7.79. The van der Waals surface area contributed by atoms with Gasteiger partial charge in [0.2, 0.25) is 0 Å². The van der Waals surface area contributed by atoms with Crippen molar-refractivity contribution in [1.29, 1.82) is 0 Å². The van der Waals surface area contributed by atoms with Gasteiger partial charge in [-0.2, -0.15) is 0 Å². The summed E-state index contributed by atoms with van der Waals surface area (Å²) in [6.45, 7) is 5.49. The molecule has 0 saturated carbocycles. The lowest BCUT2D eigenvalue weighted by Gasteiger charge is -2.32. The largest absolute Gasteiger partial charge is 0.478 e. The first-order valence-electron chi connectivity index (χ1n) is 13.4. The molecular formula is C30H31ClN4O5. The topological polar surface area (TPSA) is 98.9 Å². The molecular weight excluding hydrogens is 532 g/mol. The van der Waals surface area contributed by atoms with Gasteiger partial charge in [-0.05, 0) is 68.2 Å². The van der Waals surface area contributed by atoms with Gasteiger partial charge >= 0.3 is 5.97 Å². The summed E-state index contributed by atoms with van der Waals surface area (Å²) in [5.41, 5.74) is 3.69. The van der Waals surface area contributed by atoms with Gasteiger partial charge in [0.15, 0.2) is 11.5 Å². The quantitative estimate of drug-likeness (QED) is 0.302. The summed E-state index contributed by atoms with van der Waals surface area (Å²) in [5, 5.41) is 10.0. The Hall–Kier alpha value is -3.66. The van der Waals surface area contributed by atoms with Crippen LogP contribution in [-0.4, -0.2) is 57.3 Å². The molecule has 4 aromatic rings. The Kier molecular flexibility index (Phi) is 7.12.